The zero-order valence-corrected chi connectivity index (χ0v) is 15.4. The molecule has 8 heteroatoms. The Labute approximate surface area is 156 Å². The molecule has 2 aromatic rings. The fourth-order valence-corrected chi connectivity index (χ4v) is 4.58. The van der Waals surface area contributed by atoms with Gasteiger partial charge in [-0.1, -0.05) is 23.7 Å². The number of rotatable bonds is 4. The molecule has 0 radical (unpaired) electrons. The summed E-state index contributed by atoms with van der Waals surface area (Å²) in [6.45, 7) is 0.402. The molecule has 1 aliphatic heterocycles. The van der Waals surface area contributed by atoms with Crippen molar-refractivity contribution in [1.29, 1.82) is 0 Å². The lowest BCUT2D eigenvalue weighted by atomic mass is 9.98. The highest BCUT2D eigenvalue weighted by Gasteiger charge is 2.33. The van der Waals surface area contributed by atoms with Crippen molar-refractivity contribution in [1.82, 2.24) is 4.31 Å². The number of carbonyl (C=O) groups excluding carboxylic acids is 1. The Morgan fingerprint density at radius 2 is 1.85 bits per heavy atom. The summed E-state index contributed by atoms with van der Waals surface area (Å²) in [4.78, 5) is 12.6. The lowest BCUT2D eigenvalue weighted by Gasteiger charge is -2.31. The third-order valence-electron chi connectivity index (χ3n) is 4.34. The van der Waals surface area contributed by atoms with E-state index in [1.165, 1.54) is 46.8 Å². The van der Waals surface area contributed by atoms with Crippen LogP contribution in [0.4, 0.5) is 10.1 Å². The maximum Gasteiger partial charge on any atom is 0.243 e. The molecule has 1 heterocycles. The molecule has 1 atom stereocenters. The summed E-state index contributed by atoms with van der Waals surface area (Å²) in [7, 11) is -3.71. The van der Waals surface area contributed by atoms with E-state index in [0.717, 1.165) is 0 Å². The summed E-state index contributed by atoms with van der Waals surface area (Å²) in [5.74, 6) is -1.45. The van der Waals surface area contributed by atoms with Gasteiger partial charge in [-0.2, -0.15) is 4.31 Å². The first-order valence-electron chi connectivity index (χ1n) is 8.19. The topological polar surface area (TPSA) is 66.5 Å². The van der Waals surface area contributed by atoms with Crippen molar-refractivity contribution in [3.63, 3.8) is 0 Å². The zero-order valence-electron chi connectivity index (χ0n) is 13.9. The lowest BCUT2D eigenvalue weighted by molar-refractivity contribution is -0.120. The van der Waals surface area contributed by atoms with E-state index in [1.807, 2.05) is 0 Å². The SMILES string of the molecule is O=C(Nc1ccccc1F)C1CCCN(S(=O)(=O)c2ccc(Cl)cc2)C1. The van der Waals surface area contributed by atoms with Crippen molar-refractivity contribution in [2.75, 3.05) is 18.4 Å². The van der Waals surface area contributed by atoms with Crippen LogP contribution in [0.15, 0.2) is 53.4 Å². The lowest BCUT2D eigenvalue weighted by Crippen LogP contribution is -2.43. The van der Waals surface area contributed by atoms with Crippen molar-refractivity contribution < 1.29 is 17.6 Å². The Morgan fingerprint density at radius 3 is 2.54 bits per heavy atom. The summed E-state index contributed by atoms with van der Waals surface area (Å²) >= 11 is 5.81. The number of halogens is 2. The Morgan fingerprint density at radius 1 is 1.15 bits per heavy atom. The second kappa shape index (κ2) is 7.73. The molecule has 0 aliphatic carbocycles. The number of hydrogen-bond acceptors (Lipinski definition) is 3. The maximum absolute atomic E-state index is 13.7. The van der Waals surface area contributed by atoms with Gasteiger partial charge in [0.15, 0.2) is 0 Å². The van der Waals surface area contributed by atoms with E-state index >= 15 is 0 Å². The summed E-state index contributed by atoms with van der Waals surface area (Å²) in [5.41, 5.74) is 0.0928. The summed E-state index contributed by atoms with van der Waals surface area (Å²) in [6, 6.07) is 11.8. The molecule has 1 N–H and O–H groups in total. The second-order valence-electron chi connectivity index (χ2n) is 6.13. The van der Waals surface area contributed by atoms with Crippen LogP contribution in [0.3, 0.4) is 0 Å². The van der Waals surface area contributed by atoms with Crippen molar-refractivity contribution in [3.8, 4) is 0 Å². The maximum atomic E-state index is 13.7. The first-order valence-corrected chi connectivity index (χ1v) is 10.0. The Kier molecular flexibility index (Phi) is 5.60. The Bertz CT molecular complexity index is 903. The van der Waals surface area contributed by atoms with E-state index in [9.17, 15) is 17.6 Å². The molecule has 0 saturated carbocycles. The average Bonchev–Trinajstić information content (AvgIpc) is 2.64. The molecule has 1 fully saturated rings. The fraction of sp³-hybridized carbons (Fsp3) is 0.278. The van der Waals surface area contributed by atoms with Crippen LogP contribution in [0.25, 0.3) is 0 Å². The molecule has 0 spiro atoms. The number of benzene rings is 2. The van der Waals surface area contributed by atoms with Crippen LogP contribution in [-0.2, 0) is 14.8 Å². The first kappa shape index (κ1) is 18.8. The molecule has 26 heavy (non-hydrogen) atoms. The van der Waals surface area contributed by atoms with Gasteiger partial charge in [0.2, 0.25) is 15.9 Å². The molecule has 1 unspecified atom stereocenters. The monoisotopic (exact) mass is 396 g/mol. The van der Waals surface area contributed by atoms with Gasteiger partial charge >= 0.3 is 0 Å². The number of anilines is 1. The van der Waals surface area contributed by atoms with E-state index in [0.29, 0.717) is 24.4 Å². The van der Waals surface area contributed by atoms with Gasteiger partial charge in [0, 0.05) is 18.1 Å². The molecule has 1 amide bonds. The highest BCUT2D eigenvalue weighted by molar-refractivity contribution is 7.89. The van der Waals surface area contributed by atoms with Crippen LogP contribution in [0.2, 0.25) is 5.02 Å². The Hall–Kier alpha value is -1.96. The van der Waals surface area contributed by atoms with Crippen molar-refractivity contribution in [2.24, 2.45) is 5.92 Å². The van der Waals surface area contributed by atoms with E-state index in [4.69, 9.17) is 11.6 Å². The van der Waals surface area contributed by atoms with Crippen LogP contribution in [0.1, 0.15) is 12.8 Å². The minimum absolute atomic E-state index is 0.0608. The van der Waals surface area contributed by atoms with Crippen molar-refractivity contribution in [3.05, 3.63) is 59.4 Å². The number of hydrogen-bond donors (Lipinski definition) is 1. The number of sulfonamides is 1. The number of amides is 1. The molecule has 138 valence electrons. The van der Waals surface area contributed by atoms with Crippen LogP contribution in [0, 0.1) is 11.7 Å². The highest BCUT2D eigenvalue weighted by atomic mass is 35.5. The molecular formula is C18H18ClFN2O3S. The zero-order chi connectivity index (χ0) is 18.7. The predicted molar refractivity (Wildman–Crippen MR) is 98.0 cm³/mol. The molecule has 0 bridgehead atoms. The third-order valence-corrected chi connectivity index (χ3v) is 6.47. The van der Waals surface area contributed by atoms with Crippen LogP contribution < -0.4 is 5.32 Å². The smallest absolute Gasteiger partial charge is 0.243 e. The molecule has 2 aromatic carbocycles. The standard InChI is InChI=1S/C18H18ClFN2O3S/c19-14-7-9-15(10-8-14)26(24,25)22-11-3-4-13(12-22)18(23)21-17-6-2-1-5-16(17)20/h1-2,5-10,13H,3-4,11-12H2,(H,21,23). The van der Waals surface area contributed by atoms with Gasteiger partial charge in [-0.25, -0.2) is 12.8 Å². The van der Waals surface area contributed by atoms with Gasteiger partial charge in [0.1, 0.15) is 5.82 Å². The van der Waals surface area contributed by atoms with Crippen LogP contribution >= 0.6 is 11.6 Å². The summed E-state index contributed by atoms with van der Waals surface area (Å²) in [5, 5.41) is 3.00. The van der Waals surface area contributed by atoms with E-state index < -0.39 is 21.8 Å². The molecular weight excluding hydrogens is 379 g/mol. The minimum atomic E-state index is -3.71. The quantitative estimate of drug-likeness (QED) is 0.859. The Balaban J connectivity index is 1.73. The molecule has 1 aliphatic rings. The van der Waals surface area contributed by atoms with Gasteiger partial charge in [-0.05, 0) is 49.2 Å². The third kappa shape index (κ3) is 4.06. The van der Waals surface area contributed by atoms with Gasteiger partial charge in [-0.15, -0.1) is 0 Å². The molecule has 1 saturated heterocycles. The minimum Gasteiger partial charge on any atom is -0.323 e. The van der Waals surface area contributed by atoms with Crippen LogP contribution in [-0.4, -0.2) is 31.7 Å². The summed E-state index contributed by atoms with van der Waals surface area (Å²) < 4.78 is 40.5. The number of para-hydroxylation sites is 1. The van der Waals surface area contributed by atoms with Gasteiger partial charge in [0.25, 0.3) is 0 Å². The average molecular weight is 397 g/mol. The largest absolute Gasteiger partial charge is 0.323 e. The molecule has 3 rings (SSSR count). The van der Waals surface area contributed by atoms with Gasteiger partial charge < -0.3 is 5.32 Å². The highest BCUT2D eigenvalue weighted by Crippen LogP contribution is 2.26. The normalized spacial score (nSPS) is 18.5. The van der Waals surface area contributed by atoms with Gasteiger partial charge in [-0.3, -0.25) is 4.79 Å². The number of nitrogens with one attached hydrogen (secondary N) is 1. The van der Waals surface area contributed by atoms with Crippen LogP contribution in [0.5, 0.6) is 0 Å². The fourth-order valence-electron chi connectivity index (χ4n) is 2.93. The van der Waals surface area contributed by atoms with Crippen molar-refractivity contribution >= 4 is 33.2 Å². The second-order valence-corrected chi connectivity index (χ2v) is 8.50. The first-order chi connectivity index (χ1) is 12.4. The molecule has 0 aromatic heterocycles. The molecule has 5 nitrogen and oxygen atoms in total. The predicted octanol–water partition coefficient (Wildman–Crippen LogP) is 3.52. The van der Waals surface area contributed by atoms with E-state index in [2.05, 4.69) is 5.32 Å². The number of carbonyl (C=O) groups is 1. The van der Waals surface area contributed by atoms with Crippen molar-refractivity contribution in [2.45, 2.75) is 17.7 Å². The number of piperidine rings is 1. The number of nitrogens with zero attached hydrogens (tertiary/aromatic N) is 1. The van der Waals surface area contributed by atoms with E-state index in [-0.39, 0.29) is 23.0 Å². The van der Waals surface area contributed by atoms with E-state index in [1.54, 1.807) is 6.07 Å². The summed E-state index contributed by atoms with van der Waals surface area (Å²) in [6.07, 6.45) is 1.11. The van der Waals surface area contributed by atoms with Gasteiger partial charge in [0.05, 0.1) is 16.5 Å².